The molecule has 1 N–H and O–H groups in total. The Morgan fingerprint density at radius 3 is 2.75 bits per heavy atom. The molecule has 0 aliphatic heterocycles. The number of nitrogens with zero attached hydrogens (tertiary/aromatic N) is 3. The Labute approximate surface area is 170 Å². The summed E-state index contributed by atoms with van der Waals surface area (Å²) in [6.45, 7) is 0.289. The van der Waals surface area contributed by atoms with E-state index in [9.17, 15) is 4.79 Å². The third-order valence-electron chi connectivity index (χ3n) is 3.80. The van der Waals surface area contributed by atoms with Crippen LogP contribution in [0, 0.1) is 11.3 Å². The number of rotatable bonds is 6. The van der Waals surface area contributed by atoms with Crippen molar-refractivity contribution in [3.63, 3.8) is 0 Å². The number of hydrazone groups is 1. The number of carbonyl (C=O) groups is 1. The first kappa shape index (κ1) is 19.3. The molecule has 0 fully saturated rings. The van der Waals surface area contributed by atoms with Crippen molar-refractivity contribution in [3.8, 4) is 11.8 Å². The van der Waals surface area contributed by atoms with Gasteiger partial charge < -0.3 is 4.74 Å². The first-order valence-electron chi connectivity index (χ1n) is 8.31. The summed E-state index contributed by atoms with van der Waals surface area (Å²) in [5.74, 6) is 0.333. The SMILES string of the molecule is N#Cc1ccccc1COc1ccc(/C=N\NC(=O)c2ccncc2)cc1Br. The minimum atomic E-state index is -0.311. The molecule has 0 atom stereocenters. The van der Waals surface area contributed by atoms with E-state index in [4.69, 9.17) is 10.00 Å². The lowest BCUT2D eigenvalue weighted by Crippen LogP contribution is -2.17. The first-order chi connectivity index (χ1) is 13.7. The van der Waals surface area contributed by atoms with Crippen LogP contribution >= 0.6 is 15.9 Å². The van der Waals surface area contributed by atoms with Crippen LogP contribution < -0.4 is 10.2 Å². The summed E-state index contributed by atoms with van der Waals surface area (Å²) in [7, 11) is 0. The molecule has 138 valence electrons. The zero-order valence-corrected chi connectivity index (χ0v) is 16.3. The molecule has 0 aliphatic rings. The summed E-state index contributed by atoms with van der Waals surface area (Å²) >= 11 is 3.47. The Bertz CT molecular complexity index is 1050. The summed E-state index contributed by atoms with van der Waals surface area (Å²) in [5, 5.41) is 13.1. The fraction of sp³-hybridized carbons (Fsp3) is 0.0476. The van der Waals surface area contributed by atoms with Crippen LogP contribution in [0.2, 0.25) is 0 Å². The van der Waals surface area contributed by atoms with Crippen LogP contribution in [0.25, 0.3) is 0 Å². The van der Waals surface area contributed by atoms with E-state index in [0.29, 0.717) is 16.9 Å². The van der Waals surface area contributed by atoms with Crippen molar-refractivity contribution in [1.29, 1.82) is 5.26 Å². The lowest BCUT2D eigenvalue weighted by Gasteiger charge is -2.10. The molecule has 0 saturated carbocycles. The molecule has 1 heterocycles. The topological polar surface area (TPSA) is 87.4 Å². The van der Waals surface area contributed by atoms with Crippen molar-refractivity contribution >= 4 is 28.1 Å². The van der Waals surface area contributed by atoms with Crippen molar-refractivity contribution < 1.29 is 9.53 Å². The van der Waals surface area contributed by atoms with Crippen LogP contribution in [0.5, 0.6) is 5.75 Å². The summed E-state index contributed by atoms with van der Waals surface area (Å²) < 4.78 is 6.54. The Hall–Kier alpha value is -3.50. The van der Waals surface area contributed by atoms with E-state index in [0.717, 1.165) is 15.6 Å². The average molecular weight is 435 g/mol. The summed E-state index contributed by atoms with van der Waals surface area (Å²) in [4.78, 5) is 15.8. The number of benzene rings is 2. The largest absolute Gasteiger partial charge is 0.488 e. The van der Waals surface area contributed by atoms with Crippen LogP contribution in [0.3, 0.4) is 0 Å². The molecule has 0 radical (unpaired) electrons. The molecule has 0 aliphatic carbocycles. The number of hydrogen-bond acceptors (Lipinski definition) is 5. The Morgan fingerprint density at radius 1 is 1.21 bits per heavy atom. The molecule has 0 bridgehead atoms. The Morgan fingerprint density at radius 2 is 2.00 bits per heavy atom. The van der Waals surface area contributed by atoms with Gasteiger partial charge in [-0.25, -0.2) is 5.43 Å². The standard InChI is InChI=1S/C21H15BrN4O2/c22-19-11-15(13-25-26-21(27)16-7-9-24-10-8-16)5-6-20(19)28-14-18-4-2-1-3-17(18)12-23/h1-11,13H,14H2,(H,26,27)/b25-13-. The van der Waals surface area contributed by atoms with Gasteiger partial charge in [-0.1, -0.05) is 18.2 Å². The van der Waals surface area contributed by atoms with E-state index in [1.54, 1.807) is 42.9 Å². The number of carbonyl (C=O) groups excluding carboxylic acids is 1. The van der Waals surface area contributed by atoms with Crippen molar-refractivity contribution in [1.82, 2.24) is 10.4 Å². The van der Waals surface area contributed by atoms with E-state index in [2.05, 4.69) is 37.5 Å². The van der Waals surface area contributed by atoms with Gasteiger partial charge in [0.25, 0.3) is 5.91 Å². The second kappa shape index (κ2) is 9.44. The molecule has 0 spiro atoms. The van der Waals surface area contributed by atoms with Crippen LogP contribution in [-0.4, -0.2) is 17.1 Å². The fourth-order valence-electron chi connectivity index (χ4n) is 2.36. The van der Waals surface area contributed by atoms with Gasteiger partial charge in [-0.15, -0.1) is 0 Å². The molecule has 1 aromatic heterocycles. The number of nitrogens with one attached hydrogen (secondary N) is 1. The average Bonchev–Trinajstić information content (AvgIpc) is 2.74. The summed E-state index contributed by atoms with van der Waals surface area (Å²) in [6.07, 6.45) is 4.63. The minimum Gasteiger partial charge on any atom is -0.488 e. The molecular weight excluding hydrogens is 420 g/mol. The maximum absolute atomic E-state index is 11.9. The predicted octanol–water partition coefficient (Wildman–Crippen LogP) is 4.06. The number of ether oxygens (including phenoxy) is 1. The van der Waals surface area contributed by atoms with Crippen LogP contribution in [0.15, 0.2) is 76.6 Å². The molecular formula is C21H15BrN4O2. The maximum atomic E-state index is 11.9. The number of aromatic nitrogens is 1. The molecule has 2 aromatic carbocycles. The lowest BCUT2D eigenvalue weighted by atomic mass is 10.1. The zero-order chi connectivity index (χ0) is 19.8. The van der Waals surface area contributed by atoms with E-state index < -0.39 is 0 Å². The Balaban J connectivity index is 1.61. The van der Waals surface area contributed by atoms with E-state index >= 15 is 0 Å². The number of nitriles is 1. The third-order valence-corrected chi connectivity index (χ3v) is 4.42. The van der Waals surface area contributed by atoms with E-state index in [1.165, 1.54) is 0 Å². The highest BCUT2D eigenvalue weighted by atomic mass is 79.9. The normalized spacial score (nSPS) is 10.4. The van der Waals surface area contributed by atoms with E-state index in [-0.39, 0.29) is 12.5 Å². The van der Waals surface area contributed by atoms with Crippen LogP contribution in [0.1, 0.15) is 27.0 Å². The molecule has 6 nitrogen and oxygen atoms in total. The molecule has 3 aromatic rings. The fourth-order valence-corrected chi connectivity index (χ4v) is 2.87. The minimum absolute atomic E-state index is 0.289. The number of amides is 1. The monoisotopic (exact) mass is 434 g/mol. The van der Waals surface area contributed by atoms with Crippen molar-refractivity contribution in [2.45, 2.75) is 6.61 Å². The smallest absolute Gasteiger partial charge is 0.271 e. The van der Waals surface area contributed by atoms with Gasteiger partial charge in [0.1, 0.15) is 12.4 Å². The van der Waals surface area contributed by atoms with Crippen LogP contribution in [0.4, 0.5) is 0 Å². The van der Waals surface area contributed by atoms with Crippen molar-refractivity contribution in [3.05, 3.63) is 93.7 Å². The van der Waals surface area contributed by atoms with Gasteiger partial charge in [0.15, 0.2) is 0 Å². The predicted molar refractivity (Wildman–Crippen MR) is 109 cm³/mol. The molecule has 28 heavy (non-hydrogen) atoms. The quantitative estimate of drug-likeness (QED) is 0.467. The Kier molecular flexibility index (Phi) is 6.50. The van der Waals surface area contributed by atoms with E-state index in [1.807, 2.05) is 30.3 Å². The van der Waals surface area contributed by atoms with Gasteiger partial charge in [0.05, 0.1) is 22.3 Å². The highest BCUT2D eigenvalue weighted by molar-refractivity contribution is 9.10. The second-order valence-electron chi connectivity index (χ2n) is 5.68. The lowest BCUT2D eigenvalue weighted by molar-refractivity contribution is 0.0955. The third kappa shape index (κ3) is 5.02. The van der Waals surface area contributed by atoms with Gasteiger partial charge in [-0.05, 0) is 57.9 Å². The molecule has 0 saturated heterocycles. The first-order valence-corrected chi connectivity index (χ1v) is 9.10. The van der Waals surface area contributed by atoms with Gasteiger partial charge in [0.2, 0.25) is 0 Å². The number of halogens is 1. The number of hydrogen-bond donors (Lipinski definition) is 1. The summed E-state index contributed by atoms with van der Waals surface area (Å²) in [6, 6.07) is 18.1. The molecule has 0 unspecified atom stereocenters. The van der Waals surface area contributed by atoms with Gasteiger partial charge in [-0.3, -0.25) is 9.78 Å². The van der Waals surface area contributed by atoms with Gasteiger partial charge in [0, 0.05) is 23.5 Å². The van der Waals surface area contributed by atoms with Crippen molar-refractivity contribution in [2.24, 2.45) is 5.10 Å². The van der Waals surface area contributed by atoms with Gasteiger partial charge >= 0.3 is 0 Å². The molecule has 1 amide bonds. The molecule has 3 rings (SSSR count). The maximum Gasteiger partial charge on any atom is 0.271 e. The molecule has 7 heteroatoms. The second-order valence-corrected chi connectivity index (χ2v) is 6.54. The summed E-state index contributed by atoms with van der Waals surface area (Å²) in [5.41, 5.74) is 5.14. The zero-order valence-electron chi connectivity index (χ0n) is 14.7. The highest BCUT2D eigenvalue weighted by Crippen LogP contribution is 2.26. The van der Waals surface area contributed by atoms with Gasteiger partial charge in [-0.2, -0.15) is 10.4 Å². The van der Waals surface area contributed by atoms with Crippen LogP contribution in [-0.2, 0) is 6.61 Å². The number of pyridine rings is 1. The highest BCUT2D eigenvalue weighted by Gasteiger charge is 2.06. The van der Waals surface area contributed by atoms with Crippen molar-refractivity contribution in [2.75, 3.05) is 0 Å².